The average molecular weight is 481 g/mol. The number of aryl methyl sites for hydroxylation is 4. The highest BCUT2D eigenvalue weighted by Gasteiger charge is 2.13. The molecule has 170 valence electrons. The minimum Gasteiger partial charge on any atom is -0.484 e. The number of benzene rings is 2. The van der Waals surface area contributed by atoms with Crippen LogP contribution in [-0.4, -0.2) is 26.8 Å². The number of hydrogen-bond donors (Lipinski definition) is 1. The molecule has 2 heterocycles. The molecule has 7 nitrogen and oxygen atoms in total. The van der Waals surface area contributed by atoms with Crippen LogP contribution in [0.2, 0.25) is 0 Å². The van der Waals surface area contributed by atoms with Gasteiger partial charge in [-0.25, -0.2) is 4.98 Å². The van der Waals surface area contributed by atoms with Gasteiger partial charge in [-0.3, -0.25) is 4.79 Å². The Hall–Kier alpha value is -3.17. The fourth-order valence-electron chi connectivity index (χ4n) is 3.18. The summed E-state index contributed by atoms with van der Waals surface area (Å²) in [4.78, 5) is 16.9. The Bertz CT molecular complexity index is 1280. The standard InChI is InChI=1S/C24H24N4O3S2/c1-14-6-5-7-18(8-14)30-11-22-27-28-24(31-22)33-13-21(29)26-23-25-20(12-32-23)19-10-16(3)15(2)9-17(19)4/h5-10,12H,11,13H2,1-4H3,(H,25,26,29). The van der Waals surface area contributed by atoms with Crippen LogP contribution in [0, 0.1) is 27.7 Å². The summed E-state index contributed by atoms with van der Waals surface area (Å²) in [6.07, 6.45) is 0. The summed E-state index contributed by atoms with van der Waals surface area (Å²) in [5.74, 6) is 1.04. The molecule has 2 aromatic heterocycles. The monoisotopic (exact) mass is 480 g/mol. The second kappa shape index (κ2) is 10.2. The Labute approximate surface area is 200 Å². The molecule has 0 saturated heterocycles. The third-order valence-corrected chi connectivity index (χ3v) is 6.57. The molecule has 1 N–H and O–H groups in total. The van der Waals surface area contributed by atoms with Gasteiger partial charge >= 0.3 is 0 Å². The van der Waals surface area contributed by atoms with E-state index in [1.807, 2.05) is 36.6 Å². The summed E-state index contributed by atoms with van der Waals surface area (Å²) < 4.78 is 11.2. The minimum absolute atomic E-state index is 0.137. The zero-order chi connectivity index (χ0) is 23.4. The normalized spacial score (nSPS) is 10.9. The molecule has 0 aliphatic rings. The molecule has 0 unspecified atom stereocenters. The first-order valence-corrected chi connectivity index (χ1v) is 12.2. The molecule has 0 aliphatic carbocycles. The van der Waals surface area contributed by atoms with Crippen molar-refractivity contribution in [2.75, 3.05) is 11.1 Å². The molecule has 0 atom stereocenters. The van der Waals surface area contributed by atoms with Crippen molar-refractivity contribution in [2.24, 2.45) is 0 Å². The maximum atomic E-state index is 12.4. The molecule has 0 saturated carbocycles. The quantitative estimate of drug-likeness (QED) is 0.322. The van der Waals surface area contributed by atoms with Crippen molar-refractivity contribution in [3.05, 3.63) is 69.9 Å². The van der Waals surface area contributed by atoms with E-state index in [-0.39, 0.29) is 18.3 Å². The molecule has 0 bridgehead atoms. The van der Waals surface area contributed by atoms with Crippen molar-refractivity contribution >= 4 is 34.1 Å². The Kier molecular flexibility index (Phi) is 7.10. The molecule has 1 amide bonds. The van der Waals surface area contributed by atoms with E-state index in [2.05, 4.69) is 53.4 Å². The lowest BCUT2D eigenvalue weighted by Crippen LogP contribution is -2.13. The van der Waals surface area contributed by atoms with Gasteiger partial charge in [0.05, 0.1) is 11.4 Å². The van der Waals surface area contributed by atoms with Crippen molar-refractivity contribution in [3.63, 3.8) is 0 Å². The number of nitrogens with zero attached hydrogens (tertiary/aromatic N) is 3. The highest BCUT2D eigenvalue weighted by molar-refractivity contribution is 7.99. The van der Waals surface area contributed by atoms with E-state index < -0.39 is 0 Å². The van der Waals surface area contributed by atoms with E-state index in [9.17, 15) is 4.79 Å². The molecule has 0 fully saturated rings. The maximum absolute atomic E-state index is 12.4. The molecule has 0 aliphatic heterocycles. The average Bonchev–Trinajstić information content (AvgIpc) is 3.43. The zero-order valence-electron chi connectivity index (χ0n) is 18.8. The van der Waals surface area contributed by atoms with Crippen molar-refractivity contribution in [3.8, 4) is 17.0 Å². The number of thiazole rings is 1. The van der Waals surface area contributed by atoms with Crippen LogP contribution in [0.15, 0.2) is 51.4 Å². The van der Waals surface area contributed by atoms with E-state index in [0.717, 1.165) is 28.1 Å². The number of rotatable bonds is 8. The van der Waals surface area contributed by atoms with Gasteiger partial charge in [0.2, 0.25) is 5.91 Å². The van der Waals surface area contributed by atoms with Gasteiger partial charge in [-0.1, -0.05) is 30.0 Å². The molecule has 0 spiro atoms. The van der Waals surface area contributed by atoms with Gasteiger partial charge in [-0.15, -0.1) is 21.5 Å². The first kappa shape index (κ1) is 23.0. The van der Waals surface area contributed by atoms with Crippen LogP contribution in [0.3, 0.4) is 0 Å². The summed E-state index contributed by atoms with van der Waals surface area (Å²) in [6, 6.07) is 12.0. The number of aromatic nitrogens is 3. The molecular weight excluding hydrogens is 456 g/mol. The van der Waals surface area contributed by atoms with Crippen LogP contribution in [0.25, 0.3) is 11.3 Å². The van der Waals surface area contributed by atoms with Crippen LogP contribution in [0.4, 0.5) is 5.13 Å². The predicted molar refractivity (Wildman–Crippen MR) is 131 cm³/mol. The van der Waals surface area contributed by atoms with E-state index in [1.165, 1.54) is 34.2 Å². The third-order valence-electron chi connectivity index (χ3n) is 4.99. The van der Waals surface area contributed by atoms with E-state index in [4.69, 9.17) is 9.15 Å². The Morgan fingerprint density at radius 2 is 1.91 bits per heavy atom. The summed E-state index contributed by atoms with van der Waals surface area (Å²) >= 11 is 2.57. The molecule has 4 rings (SSSR count). The van der Waals surface area contributed by atoms with Crippen LogP contribution in [0.5, 0.6) is 5.75 Å². The smallest absolute Gasteiger partial charge is 0.277 e. The lowest BCUT2D eigenvalue weighted by atomic mass is 9.99. The molecule has 2 aromatic carbocycles. The van der Waals surface area contributed by atoms with Gasteiger partial charge in [-0.2, -0.15) is 0 Å². The van der Waals surface area contributed by atoms with Crippen molar-refractivity contribution in [1.29, 1.82) is 0 Å². The van der Waals surface area contributed by atoms with Gasteiger partial charge in [-0.05, 0) is 68.1 Å². The SMILES string of the molecule is Cc1cccc(OCc2nnc(SCC(=O)Nc3nc(-c4cc(C)c(C)cc4C)cs3)o2)c1. The summed E-state index contributed by atoms with van der Waals surface area (Å²) in [5.41, 5.74) is 6.68. The summed E-state index contributed by atoms with van der Waals surface area (Å²) in [7, 11) is 0. The summed E-state index contributed by atoms with van der Waals surface area (Å²) in [6.45, 7) is 8.42. The molecule has 4 aromatic rings. The van der Waals surface area contributed by atoms with E-state index in [0.29, 0.717) is 16.2 Å². The van der Waals surface area contributed by atoms with Gasteiger partial charge in [0.1, 0.15) is 5.75 Å². The Balaban J connectivity index is 1.28. The summed E-state index contributed by atoms with van der Waals surface area (Å²) in [5, 5.41) is 13.6. The Morgan fingerprint density at radius 1 is 1.09 bits per heavy atom. The van der Waals surface area contributed by atoms with Crippen LogP contribution in [0.1, 0.15) is 28.1 Å². The molecule has 0 radical (unpaired) electrons. The topological polar surface area (TPSA) is 90.1 Å². The van der Waals surface area contributed by atoms with Crippen molar-refractivity contribution in [1.82, 2.24) is 15.2 Å². The first-order valence-electron chi connectivity index (χ1n) is 10.4. The first-order chi connectivity index (χ1) is 15.9. The van der Waals surface area contributed by atoms with E-state index >= 15 is 0 Å². The highest BCUT2D eigenvalue weighted by atomic mass is 32.2. The molecule has 33 heavy (non-hydrogen) atoms. The lowest BCUT2D eigenvalue weighted by Gasteiger charge is -2.07. The lowest BCUT2D eigenvalue weighted by molar-refractivity contribution is -0.113. The van der Waals surface area contributed by atoms with Gasteiger partial charge < -0.3 is 14.5 Å². The number of ether oxygens (including phenoxy) is 1. The largest absolute Gasteiger partial charge is 0.484 e. The number of nitrogens with one attached hydrogen (secondary N) is 1. The van der Waals surface area contributed by atoms with E-state index in [1.54, 1.807) is 0 Å². The third kappa shape index (κ3) is 6.00. The van der Waals surface area contributed by atoms with Crippen LogP contribution in [-0.2, 0) is 11.4 Å². The number of hydrogen-bond acceptors (Lipinski definition) is 8. The maximum Gasteiger partial charge on any atom is 0.277 e. The van der Waals surface area contributed by atoms with Crippen molar-refractivity contribution in [2.45, 2.75) is 39.5 Å². The second-order valence-corrected chi connectivity index (χ2v) is 9.48. The number of carbonyl (C=O) groups excluding carboxylic acids is 1. The number of carbonyl (C=O) groups is 1. The fourth-order valence-corrected chi connectivity index (χ4v) is 4.49. The number of amides is 1. The fraction of sp³-hybridized carbons (Fsp3) is 0.250. The number of thioether (sulfide) groups is 1. The highest BCUT2D eigenvalue weighted by Crippen LogP contribution is 2.29. The van der Waals surface area contributed by atoms with Gasteiger partial charge in [0.25, 0.3) is 11.1 Å². The predicted octanol–water partition coefficient (Wildman–Crippen LogP) is 5.74. The van der Waals surface area contributed by atoms with Crippen LogP contribution >= 0.6 is 23.1 Å². The second-order valence-electron chi connectivity index (χ2n) is 7.69. The Morgan fingerprint density at radius 3 is 2.73 bits per heavy atom. The zero-order valence-corrected chi connectivity index (χ0v) is 20.5. The van der Waals surface area contributed by atoms with Crippen LogP contribution < -0.4 is 10.1 Å². The minimum atomic E-state index is -0.187. The molecule has 9 heteroatoms. The van der Waals surface area contributed by atoms with Gasteiger partial charge in [0.15, 0.2) is 11.7 Å². The molecular formula is C24H24N4O3S2. The number of anilines is 1. The van der Waals surface area contributed by atoms with Crippen molar-refractivity contribution < 1.29 is 13.9 Å². The van der Waals surface area contributed by atoms with Gasteiger partial charge in [0, 0.05) is 10.9 Å².